The first-order valence-electron chi connectivity index (χ1n) is 7.03. The number of hydrogen-bond acceptors (Lipinski definition) is 3. The molecule has 18 heavy (non-hydrogen) atoms. The number of nitrogens with one attached hydrogen (secondary N) is 1. The average molecular weight is 250 g/mol. The third-order valence-electron chi connectivity index (χ3n) is 4.28. The second-order valence-electron chi connectivity index (χ2n) is 6.05. The molecule has 1 saturated carbocycles. The minimum Gasteiger partial charge on any atom is -0.468 e. The van der Waals surface area contributed by atoms with Crippen LogP contribution in [0.4, 0.5) is 0 Å². The molecule has 2 rings (SSSR count). The van der Waals surface area contributed by atoms with Gasteiger partial charge in [0.2, 0.25) is 0 Å². The summed E-state index contributed by atoms with van der Waals surface area (Å²) in [4.78, 5) is 2.37. The van der Waals surface area contributed by atoms with Crippen LogP contribution in [0.5, 0.6) is 0 Å². The van der Waals surface area contributed by atoms with E-state index in [-0.39, 0.29) is 5.54 Å². The van der Waals surface area contributed by atoms with Crippen LogP contribution in [0.1, 0.15) is 51.4 Å². The van der Waals surface area contributed by atoms with Gasteiger partial charge in [-0.1, -0.05) is 6.92 Å². The zero-order valence-corrected chi connectivity index (χ0v) is 12.1. The highest BCUT2D eigenvalue weighted by Gasteiger charge is 2.24. The van der Waals surface area contributed by atoms with Gasteiger partial charge in [-0.25, -0.2) is 0 Å². The van der Waals surface area contributed by atoms with E-state index in [0.717, 1.165) is 31.3 Å². The van der Waals surface area contributed by atoms with Gasteiger partial charge in [0.25, 0.3) is 0 Å². The van der Waals surface area contributed by atoms with Crippen LogP contribution in [-0.2, 0) is 13.1 Å². The summed E-state index contributed by atoms with van der Waals surface area (Å²) in [6.07, 6.45) is 5.61. The molecule has 3 nitrogen and oxygen atoms in total. The lowest BCUT2D eigenvalue weighted by molar-refractivity contribution is 0.132. The Labute approximate surface area is 111 Å². The maximum atomic E-state index is 5.65. The monoisotopic (exact) mass is 250 g/mol. The fraction of sp³-hybridized carbons (Fsp3) is 0.733. The standard InChI is InChI=1S/C15H26N2O/c1-5-15(2,3)17(4)11-14-12(8-9-18-14)10-16-13-6-7-13/h8-9,13,16H,5-7,10-11H2,1-4H3. The summed E-state index contributed by atoms with van der Waals surface area (Å²) in [6.45, 7) is 8.61. The smallest absolute Gasteiger partial charge is 0.122 e. The molecule has 0 saturated heterocycles. The van der Waals surface area contributed by atoms with Crippen LogP contribution in [0, 0.1) is 0 Å². The fourth-order valence-electron chi connectivity index (χ4n) is 1.90. The summed E-state index contributed by atoms with van der Waals surface area (Å²) >= 11 is 0. The zero-order valence-electron chi connectivity index (χ0n) is 12.1. The summed E-state index contributed by atoms with van der Waals surface area (Å²) in [6, 6.07) is 2.84. The predicted molar refractivity (Wildman–Crippen MR) is 74.4 cm³/mol. The maximum Gasteiger partial charge on any atom is 0.122 e. The number of furan rings is 1. The Morgan fingerprint density at radius 1 is 1.44 bits per heavy atom. The molecule has 0 unspecified atom stereocenters. The van der Waals surface area contributed by atoms with Crippen molar-refractivity contribution in [3.63, 3.8) is 0 Å². The Balaban J connectivity index is 1.93. The Morgan fingerprint density at radius 3 is 2.78 bits per heavy atom. The van der Waals surface area contributed by atoms with E-state index in [4.69, 9.17) is 4.42 Å². The first kappa shape index (κ1) is 13.6. The molecule has 1 fully saturated rings. The van der Waals surface area contributed by atoms with E-state index in [1.54, 1.807) is 0 Å². The van der Waals surface area contributed by atoms with Gasteiger partial charge >= 0.3 is 0 Å². The highest BCUT2D eigenvalue weighted by atomic mass is 16.3. The second-order valence-corrected chi connectivity index (χ2v) is 6.05. The summed E-state index contributed by atoms with van der Waals surface area (Å²) in [5.74, 6) is 1.10. The lowest BCUT2D eigenvalue weighted by Crippen LogP contribution is -2.40. The van der Waals surface area contributed by atoms with Crippen molar-refractivity contribution in [3.8, 4) is 0 Å². The molecule has 1 N–H and O–H groups in total. The molecule has 1 aromatic rings. The molecule has 0 radical (unpaired) electrons. The van der Waals surface area contributed by atoms with Gasteiger partial charge in [-0.05, 0) is 46.2 Å². The van der Waals surface area contributed by atoms with Crippen LogP contribution < -0.4 is 5.32 Å². The van der Waals surface area contributed by atoms with Crippen LogP contribution in [0.3, 0.4) is 0 Å². The zero-order chi connectivity index (χ0) is 13.2. The molecule has 1 aliphatic rings. The first-order valence-corrected chi connectivity index (χ1v) is 7.03. The van der Waals surface area contributed by atoms with Gasteiger partial charge in [0.15, 0.2) is 0 Å². The van der Waals surface area contributed by atoms with Crippen molar-refractivity contribution < 1.29 is 4.42 Å². The predicted octanol–water partition coefficient (Wildman–Crippen LogP) is 3.15. The molecule has 1 heterocycles. The van der Waals surface area contributed by atoms with Gasteiger partial charge in [-0.15, -0.1) is 0 Å². The Morgan fingerprint density at radius 2 is 2.17 bits per heavy atom. The fourth-order valence-corrected chi connectivity index (χ4v) is 1.90. The topological polar surface area (TPSA) is 28.4 Å². The third kappa shape index (κ3) is 3.36. The number of rotatable bonds is 7. The van der Waals surface area contributed by atoms with Gasteiger partial charge in [0.05, 0.1) is 12.8 Å². The minimum atomic E-state index is 0.216. The van der Waals surface area contributed by atoms with Gasteiger partial charge in [0, 0.05) is 23.7 Å². The normalized spacial score (nSPS) is 16.5. The third-order valence-corrected chi connectivity index (χ3v) is 4.28. The number of nitrogens with zero attached hydrogens (tertiary/aromatic N) is 1. The molecule has 0 amide bonds. The van der Waals surface area contributed by atoms with E-state index in [9.17, 15) is 0 Å². The van der Waals surface area contributed by atoms with Crippen LogP contribution in [0.25, 0.3) is 0 Å². The SMILES string of the molecule is CCC(C)(C)N(C)Cc1occc1CNC1CC1. The van der Waals surface area contributed by atoms with Crippen LogP contribution in [0.2, 0.25) is 0 Å². The van der Waals surface area contributed by atoms with Crippen molar-refractivity contribution in [2.75, 3.05) is 7.05 Å². The van der Waals surface area contributed by atoms with E-state index < -0.39 is 0 Å². The Bertz CT molecular complexity index is 380. The van der Waals surface area contributed by atoms with Crippen molar-refractivity contribution in [2.45, 2.75) is 64.7 Å². The molecule has 1 aromatic heterocycles. The average Bonchev–Trinajstić information content (AvgIpc) is 3.07. The van der Waals surface area contributed by atoms with Gasteiger partial charge in [-0.2, -0.15) is 0 Å². The van der Waals surface area contributed by atoms with Gasteiger partial charge < -0.3 is 9.73 Å². The van der Waals surface area contributed by atoms with Gasteiger partial charge in [0.1, 0.15) is 5.76 Å². The molecular weight excluding hydrogens is 224 g/mol. The van der Waals surface area contributed by atoms with Gasteiger partial charge in [-0.3, -0.25) is 4.90 Å². The number of hydrogen-bond donors (Lipinski definition) is 1. The Hall–Kier alpha value is -0.800. The van der Waals surface area contributed by atoms with E-state index in [1.807, 2.05) is 6.26 Å². The molecule has 0 atom stereocenters. The largest absolute Gasteiger partial charge is 0.468 e. The molecule has 3 heteroatoms. The minimum absolute atomic E-state index is 0.216. The summed E-state index contributed by atoms with van der Waals surface area (Å²) in [5, 5.41) is 3.55. The highest BCUT2D eigenvalue weighted by Crippen LogP contribution is 2.23. The summed E-state index contributed by atoms with van der Waals surface area (Å²) in [5.41, 5.74) is 1.52. The van der Waals surface area contributed by atoms with Crippen molar-refractivity contribution in [2.24, 2.45) is 0 Å². The quantitative estimate of drug-likeness (QED) is 0.806. The molecular formula is C15H26N2O. The lowest BCUT2D eigenvalue weighted by Gasteiger charge is -2.34. The summed E-state index contributed by atoms with van der Waals surface area (Å²) < 4.78 is 5.65. The molecule has 0 bridgehead atoms. The van der Waals surface area contributed by atoms with Crippen LogP contribution in [-0.4, -0.2) is 23.5 Å². The lowest BCUT2D eigenvalue weighted by atomic mass is 9.99. The van der Waals surface area contributed by atoms with Crippen molar-refractivity contribution in [1.29, 1.82) is 0 Å². The molecule has 0 aliphatic heterocycles. The van der Waals surface area contributed by atoms with Crippen LogP contribution in [0.15, 0.2) is 16.7 Å². The van der Waals surface area contributed by atoms with E-state index in [2.05, 4.69) is 44.1 Å². The molecule has 0 spiro atoms. The first-order chi connectivity index (χ1) is 8.53. The highest BCUT2D eigenvalue weighted by molar-refractivity contribution is 5.17. The second kappa shape index (κ2) is 5.45. The molecule has 102 valence electrons. The molecule has 1 aliphatic carbocycles. The maximum absolute atomic E-state index is 5.65. The van der Waals surface area contributed by atoms with Crippen LogP contribution >= 0.6 is 0 Å². The van der Waals surface area contributed by atoms with E-state index in [0.29, 0.717) is 0 Å². The van der Waals surface area contributed by atoms with E-state index in [1.165, 1.54) is 18.4 Å². The molecule has 0 aromatic carbocycles. The summed E-state index contributed by atoms with van der Waals surface area (Å²) in [7, 11) is 2.17. The Kier molecular flexibility index (Phi) is 4.13. The van der Waals surface area contributed by atoms with Crippen molar-refractivity contribution >= 4 is 0 Å². The van der Waals surface area contributed by atoms with E-state index >= 15 is 0 Å². The van der Waals surface area contributed by atoms with Crippen molar-refractivity contribution in [1.82, 2.24) is 10.2 Å². The van der Waals surface area contributed by atoms with Crippen molar-refractivity contribution in [3.05, 3.63) is 23.7 Å².